The van der Waals surface area contributed by atoms with Crippen molar-refractivity contribution in [1.29, 1.82) is 0 Å². The van der Waals surface area contributed by atoms with Gasteiger partial charge in [0.1, 0.15) is 11.6 Å². The van der Waals surface area contributed by atoms with E-state index in [1.54, 1.807) is 11.8 Å². The van der Waals surface area contributed by atoms with Gasteiger partial charge in [-0.15, -0.1) is 0 Å². The van der Waals surface area contributed by atoms with Crippen LogP contribution in [-0.2, 0) is 0 Å². The van der Waals surface area contributed by atoms with Gasteiger partial charge in [0.2, 0.25) is 0 Å². The number of rotatable bonds is 8. The minimum Gasteiger partial charge on any atom is -0.387 e. The average molecular weight is 303 g/mol. The number of nitrogens with one attached hydrogen (secondary N) is 1. The van der Waals surface area contributed by atoms with Crippen LogP contribution in [0.5, 0.6) is 0 Å². The molecule has 2 N–H and O–H groups in total. The maximum Gasteiger partial charge on any atom is 0.131 e. The van der Waals surface area contributed by atoms with Crippen molar-refractivity contribution >= 4 is 11.8 Å². The van der Waals surface area contributed by atoms with Gasteiger partial charge < -0.3 is 10.4 Å². The number of aliphatic hydroxyl groups is 1. The Morgan fingerprint density at radius 3 is 2.25 bits per heavy atom. The first-order valence-electron chi connectivity index (χ1n) is 6.87. The average Bonchev–Trinajstić information content (AvgIpc) is 2.44. The molecule has 0 aliphatic carbocycles. The lowest BCUT2D eigenvalue weighted by molar-refractivity contribution is 0.163. The normalized spacial score (nSPS) is 13.5. The number of benzene rings is 1. The Balaban J connectivity index is 2.62. The summed E-state index contributed by atoms with van der Waals surface area (Å²) in [5.74, 6) is -1.41. The standard InChI is InChI=1S/C15H23F2NOS/c1-4-15(5-2,20-3)10-18-9-13(19)14-11(16)7-6-8-12(14)17/h6-8,13,18-19H,4-5,9-10H2,1-3H3. The van der Waals surface area contributed by atoms with Crippen LogP contribution in [0.1, 0.15) is 38.4 Å². The van der Waals surface area contributed by atoms with Crippen molar-refractivity contribution in [3.63, 3.8) is 0 Å². The molecular formula is C15H23F2NOS. The second-order valence-corrected chi connectivity index (χ2v) is 6.15. The maximum atomic E-state index is 13.5. The lowest BCUT2D eigenvalue weighted by Crippen LogP contribution is -2.38. The molecule has 0 radical (unpaired) electrons. The minimum atomic E-state index is -1.18. The molecule has 0 spiro atoms. The summed E-state index contributed by atoms with van der Waals surface area (Å²) in [4.78, 5) is 0. The minimum absolute atomic E-state index is 0.105. The lowest BCUT2D eigenvalue weighted by atomic mass is 10.0. The van der Waals surface area contributed by atoms with Gasteiger partial charge in [-0.25, -0.2) is 8.78 Å². The Kier molecular flexibility index (Phi) is 6.92. The second-order valence-electron chi connectivity index (χ2n) is 4.88. The van der Waals surface area contributed by atoms with Crippen LogP contribution < -0.4 is 5.32 Å². The highest BCUT2D eigenvalue weighted by atomic mass is 32.2. The quantitative estimate of drug-likeness (QED) is 0.771. The van der Waals surface area contributed by atoms with Crippen LogP contribution in [0.15, 0.2) is 18.2 Å². The molecule has 0 heterocycles. The number of hydrogen-bond acceptors (Lipinski definition) is 3. The van der Waals surface area contributed by atoms with E-state index in [9.17, 15) is 13.9 Å². The molecule has 0 fully saturated rings. The highest BCUT2D eigenvalue weighted by Crippen LogP contribution is 2.29. The molecule has 0 aliphatic heterocycles. The van der Waals surface area contributed by atoms with E-state index >= 15 is 0 Å². The van der Waals surface area contributed by atoms with Crippen LogP contribution in [0.4, 0.5) is 8.78 Å². The third-order valence-electron chi connectivity index (χ3n) is 3.84. The number of aliphatic hydroxyl groups excluding tert-OH is 1. The van der Waals surface area contributed by atoms with E-state index in [2.05, 4.69) is 25.4 Å². The van der Waals surface area contributed by atoms with Gasteiger partial charge >= 0.3 is 0 Å². The number of thioether (sulfide) groups is 1. The molecule has 5 heteroatoms. The molecule has 1 unspecified atom stereocenters. The van der Waals surface area contributed by atoms with Crippen LogP contribution in [-0.4, -0.2) is 29.2 Å². The summed E-state index contributed by atoms with van der Waals surface area (Å²) in [7, 11) is 0. The summed E-state index contributed by atoms with van der Waals surface area (Å²) in [5.41, 5.74) is -0.261. The number of hydrogen-bond donors (Lipinski definition) is 2. The Morgan fingerprint density at radius 2 is 1.80 bits per heavy atom. The van der Waals surface area contributed by atoms with Gasteiger partial charge in [0, 0.05) is 17.8 Å². The van der Waals surface area contributed by atoms with E-state index < -0.39 is 17.7 Å². The molecule has 20 heavy (non-hydrogen) atoms. The Bertz CT molecular complexity index is 396. The van der Waals surface area contributed by atoms with E-state index in [1.165, 1.54) is 6.07 Å². The fourth-order valence-corrected chi connectivity index (χ4v) is 3.05. The van der Waals surface area contributed by atoms with Crippen molar-refractivity contribution < 1.29 is 13.9 Å². The molecule has 114 valence electrons. The molecule has 0 aliphatic rings. The third-order valence-corrected chi connectivity index (χ3v) is 5.43. The van der Waals surface area contributed by atoms with Crippen LogP contribution >= 0.6 is 11.8 Å². The van der Waals surface area contributed by atoms with Crippen molar-refractivity contribution in [3.05, 3.63) is 35.4 Å². The van der Waals surface area contributed by atoms with E-state index in [1.807, 2.05) is 0 Å². The van der Waals surface area contributed by atoms with Gasteiger partial charge in [-0.1, -0.05) is 19.9 Å². The molecule has 1 aromatic rings. The van der Waals surface area contributed by atoms with Crippen LogP contribution in [0.2, 0.25) is 0 Å². The smallest absolute Gasteiger partial charge is 0.131 e. The molecule has 2 nitrogen and oxygen atoms in total. The van der Waals surface area contributed by atoms with Crippen molar-refractivity contribution in [2.45, 2.75) is 37.5 Å². The van der Waals surface area contributed by atoms with Crippen molar-refractivity contribution in [2.24, 2.45) is 0 Å². The molecule has 1 atom stereocenters. The fraction of sp³-hybridized carbons (Fsp3) is 0.600. The molecule has 0 saturated carbocycles. The molecule has 0 amide bonds. The molecule has 1 aromatic carbocycles. The van der Waals surface area contributed by atoms with E-state index in [0.717, 1.165) is 25.0 Å². The second kappa shape index (κ2) is 7.96. The van der Waals surface area contributed by atoms with Crippen molar-refractivity contribution in [3.8, 4) is 0 Å². The summed E-state index contributed by atoms with van der Waals surface area (Å²) >= 11 is 1.78. The Morgan fingerprint density at radius 1 is 1.25 bits per heavy atom. The zero-order valence-electron chi connectivity index (χ0n) is 12.2. The van der Waals surface area contributed by atoms with Crippen molar-refractivity contribution in [1.82, 2.24) is 5.32 Å². The first kappa shape index (κ1) is 17.4. The van der Waals surface area contributed by atoms with Gasteiger partial charge in [-0.05, 0) is 31.2 Å². The van der Waals surface area contributed by atoms with Gasteiger partial charge in [-0.2, -0.15) is 11.8 Å². The molecular weight excluding hydrogens is 280 g/mol. The molecule has 0 saturated heterocycles. The van der Waals surface area contributed by atoms with Crippen molar-refractivity contribution in [2.75, 3.05) is 19.3 Å². The Hall–Kier alpha value is -0.650. The monoisotopic (exact) mass is 303 g/mol. The summed E-state index contributed by atoms with van der Waals surface area (Å²) in [6.45, 7) is 5.08. The first-order chi connectivity index (χ1) is 9.49. The van der Waals surface area contributed by atoms with E-state index in [-0.39, 0.29) is 16.9 Å². The third kappa shape index (κ3) is 4.17. The van der Waals surface area contributed by atoms with Crippen LogP contribution in [0, 0.1) is 11.6 Å². The maximum absolute atomic E-state index is 13.5. The highest BCUT2D eigenvalue weighted by Gasteiger charge is 2.25. The van der Waals surface area contributed by atoms with Gasteiger partial charge in [0.25, 0.3) is 0 Å². The fourth-order valence-electron chi connectivity index (χ4n) is 2.23. The topological polar surface area (TPSA) is 32.3 Å². The first-order valence-corrected chi connectivity index (χ1v) is 8.10. The molecule has 1 rings (SSSR count). The summed E-state index contributed by atoms with van der Waals surface area (Å²) in [6, 6.07) is 3.61. The zero-order chi connectivity index (χ0) is 15.2. The summed E-state index contributed by atoms with van der Waals surface area (Å²) in [6.07, 6.45) is 2.88. The predicted molar refractivity (Wildman–Crippen MR) is 81.0 cm³/mol. The van der Waals surface area contributed by atoms with Gasteiger partial charge in [-0.3, -0.25) is 0 Å². The summed E-state index contributed by atoms with van der Waals surface area (Å²) in [5, 5.41) is 13.1. The van der Waals surface area contributed by atoms with E-state index in [4.69, 9.17) is 0 Å². The predicted octanol–water partition coefficient (Wildman–Crippen LogP) is 3.51. The summed E-state index contributed by atoms with van der Waals surface area (Å²) < 4.78 is 27.2. The Labute approximate surface area is 124 Å². The lowest BCUT2D eigenvalue weighted by Gasteiger charge is -2.30. The SMILES string of the molecule is CCC(CC)(CNCC(O)c1c(F)cccc1F)SC. The molecule has 0 aromatic heterocycles. The number of halogens is 2. The highest BCUT2D eigenvalue weighted by molar-refractivity contribution is 8.00. The van der Waals surface area contributed by atoms with Gasteiger partial charge in [0.05, 0.1) is 11.7 Å². The largest absolute Gasteiger partial charge is 0.387 e. The van der Waals surface area contributed by atoms with Crippen LogP contribution in [0.3, 0.4) is 0 Å². The van der Waals surface area contributed by atoms with Crippen LogP contribution in [0.25, 0.3) is 0 Å². The van der Waals surface area contributed by atoms with Gasteiger partial charge in [0.15, 0.2) is 0 Å². The van der Waals surface area contributed by atoms with E-state index in [0.29, 0.717) is 6.54 Å². The molecule has 0 bridgehead atoms. The zero-order valence-corrected chi connectivity index (χ0v) is 13.1.